The van der Waals surface area contributed by atoms with Crippen LogP contribution in [0.25, 0.3) is 0 Å². The van der Waals surface area contributed by atoms with E-state index in [0.717, 1.165) is 5.56 Å². The standard InChI is InChI=1S/C12H10F4N4/c1-6-2-3-7(13)8(4-6)18-10-5-9(12(14,15)16)19-11(17)20-10/h2-5H,1H3,(H3,17,18,19,20). The molecule has 0 bridgehead atoms. The number of nitrogen functional groups attached to an aromatic ring is 1. The summed E-state index contributed by atoms with van der Waals surface area (Å²) in [6.45, 7) is 1.72. The molecule has 0 spiro atoms. The molecule has 106 valence electrons. The lowest BCUT2D eigenvalue weighted by Gasteiger charge is -2.11. The summed E-state index contributed by atoms with van der Waals surface area (Å²) in [5.41, 5.74) is 4.78. The van der Waals surface area contributed by atoms with E-state index in [1.54, 1.807) is 6.92 Å². The van der Waals surface area contributed by atoms with E-state index in [4.69, 9.17) is 5.73 Å². The Bertz CT molecular complexity index is 640. The number of nitrogens with two attached hydrogens (primary N) is 1. The Labute approximate surface area is 111 Å². The monoisotopic (exact) mass is 286 g/mol. The Morgan fingerprint density at radius 1 is 1.15 bits per heavy atom. The zero-order valence-electron chi connectivity index (χ0n) is 10.3. The first-order valence-corrected chi connectivity index (χ1v) is 5.50. The summed E-state index contributed by atoms with van der Waals surface area (Å²) >= 11 is 0. The number of hydrogen-bond donors (Lipinski definition) is 2. The SMILES string of the molecule is Cc1ccc(F)c(Nc2cc(C(F)(F)F)nc(N)n2)c1. The van der Waals surface area contributed by atoms with Gasteiger partial charge in [0.05, 0.1) is 5.69 Å². The summed E-state index contributed by atoms with van der Waals surface area (Å²) in [4.78, 5) is 6.70. The van der Waals surface area contributed by atoms with Crippen LogP contribution >= 0.6 is 0 Å². The number of nitrogens with zero attached hydrogens (tertiary/aromatic N) is 2. The van der Waals surface area contributed by atoms with Crippen LogP contribution in [-0.4, -0.2) is 9.97 Å². The molecule has 1 aromatic heterocycles. The van der Waals surface area contributed by atoms with Crippen LogP contribution in [0, 0.1) is 12.7 Å². The van der Waals surface area contributed by atoms with Gasteiger partial charge < -0.3 is 11.1 Å². The van der Waals surface area contributed by atoms with Gasteiger partial charge in [0.25, 0.3) is 0 Å². The van der Waals surface area contributed by atoms with Gasteiger partial charge in [-0.3, -0.25) is 0 Å². The Morgan fingerprint density at radius 3 is 2.50 bits per heavy atom. The average molecular weight is 286 g/mol. The predicted octanol–water partition coefficient (Wildman–Crippen LogP) is 3.27. The molecule has 2 aromatic rings. The molecule has 0 unspecified atom stereocenters. The van der Waals surface area contributed by atoms with Crippen LogP contribution in [0.15, 0.2) is 24.3 Å². The van der Waals surface area contributed by atoms with Gasteiger partial charge >= 0.3 is 6.18 Å². The first-order chi connectivity index (χ1) is 9.25. The summed E-state index contributed by atoms with van der Waals surface area (Å²) in [7, 11) is 0. The van der Waals surface area contributed by atoms with Crippen molar-refractivity contribution in [2.45, 2.75) is 13.1 Å². The zero-order valence-corrected chi connectivity index (χ0v) is 10.3. The van der Waals surface area contributed by atoms with Crippen LogP contribution in [0.4, 0.5) is 35.0 Å². The van der Waals surface area contributed by atoms with E-state index in [2.05, 4.69) is 15.3 Å². The molecule has 0 saturated carbocycles. The maximum Gasteiger partial charge on any atom is 0.433 e. The quantitative estimate of drug-likeness (QED) is 0.832. The van der Waals surface area contributed by atoms with E-state index in [-0.39, 0.29) is 11.5 Å². The molecule has 1 heterocycles. The number of rotatable bonds is 2. The molecule has 0 fully saturated rings. The molecule has 0 amide bonds. The Hall–Kier alpha value is -2.38. The normalized spacial score (nSPS) is 11.4. The molecular weight excluding hydrogens is 276 g/mol. The van der Waals surface area contributed by atoms with Gasteiger partial charge in [-0.05, 0) is 24.6 Å². The number of hydrogen-bond acceptors (Lipinski definition) is 4. The first kappa shape index (κ1) is 14.0. The summed E-state index contributed by atoms with van der Waals surface area (Å²) < 4.78 is 51.3. The summed E-state index contributed by atoms with van der Waals surface area (Å²) in [6, 6.07) is 4.85. The van der Waals surface area contributed by atoms with Crippen molar-refractivity contribution in [1.29, 1.82) is 0 Å². The Morgan fingerprint density at radius 2 is 1.85 bits per heavy atom. The lowest BCUT2D eigenvalue weighted by Crippen LogP contribution is -2.12. The van der Waals surface area contributed by atoms with Crippen molar-refractivity contribution in [2.75, 3.05) is 11.1 Å². The van der Waals surface area contributed by atoms with Gasteiger partial charge in [-0.1, -0.05) is 6.07 Å². The lowest BCUT2D eigenvalue weighted by molar-refractivity contribution is -0.141. The minimum atomic E-state index is -4.65. The van der Waals surface area contributed by atoms with Crippen LogP contribution in [0.3, 0.4) is 0 Å². The van der Waals surface area contributed by atoms with Crippen molar-refractivity contribution in [1.82, 2.24) is 9.97 Å². The highest BCUT2D eigenvalue weighted by Gasteiger charge is 2.33. The number of nitrogens with one attached hydrogen (secondary N) is 1. The molecule has 0 radical (unpaired) electrons. The fourth-order valence-corrected chi connectivity index (χ4v) is 1.55. The third kappa shape index (κ3) is 3.14. The molecule has 4 nitrogen and oxygen atoms in total. The van der Waals surface area contributed by atoms with E-state index >= 15 is 0 Å². The third-order valence-electron chi connectivity index (χ3n) is 2.42. The fourth-order valence-electron chi connectivity index (χ4n) is 1.55. The van der Waals surface area contributed by atoms with Crippen LogP contribution < -0.4 is 11.1 Å². The molecule has 0 aliphatic heterocycles. The molecule has 8 heteroatoms. The predicted molar refractivity (Wildman–Crippen MR) is 65.9 cm³/mol. The van der Waals surface area contributed by atoms with Crippen LogP contribution in [0.5, 0.6) is 0 Å². The molecule has 3 N–H and O–H groups in total. The largest absolute Gasteiger partial charge is 0.433 e. The molecule has 0 atom stereocenters. The van der Waals surface area contributed by atoms with Gasteiger partial charge in [0.2, 0.25) is 5.95 Å². The molecule has 2 rings (SSSR count). The summed E-state index contributed by atoms with van der Waals surface area (Å²) in [5, 5.41) is 2.46. The van der Waals surface area contributed by atoms with Crippen molar-refractivity contribution >= 4 is 17.5 Å². The second-order valence-electron chi connectivity index (χ2n) is 4.10. The van der Waals surface area contributed by atoms with Crippen molar-refractivity contribution in [3.63, 3.8) is 0 Å². The number of alkyl halides is 3. The Balaban J connectivity index is 2.39. The van der Waals surface area contributed by atoms with Gasteiger partial charge in [0.15, 0.2) is 5.69 Å². The molecule has 20 heavy (non-hydrogen) atoms. The molecule has 1 aromatic carbocycles. The van der Waals surface area contributed by atoms with Crippen molar-refractivity contribution in [3.05, 3.63) is 41.3 Å². The average Bonchev–Trinajstić information content (AvgIpc) is 2.32. The van der Waals surface area contributed by atoms with Crippen molar-refractivity contribution < 1.29 is 17.6 Å². The van der Waals surface area contributed by atoms with Gasteiger partial charge in [0, 0.05) is 6.07 Å². The van der Waals surface area contributed by atoms with Crippen LogP contribution in [0.2, 0.25) is 0 Å². The smallest absolute Gasteiger partial charge is 0.368 e. The number of aromatic nitrogens is 2. The van der Waals surface area contributed by atoms with Crippen molar-refractivity contribution in [3.8, 4) is 0 Å². The van der Waals surface area contributed by atoms with Gasteiger partial charge in [-0.15, -0.1) is 0 Å². The third-order valence-corrected chi connectivity index (χ3v) is 2.42. The summed E-state index contributed by atoms with van der Waals surface area (Å²) in [6.07, 6.45) is -4.65. The van der Waals surface area contributed by atoms with E-state index in [1.807, 2.05) is 0 Å². The maximum absolute atomic E-state index is 13.5. The van der Waals surface area contributed by atoms with Crippen LogP contribution in [0.1, 0.15) is 11.3 Å². The summed E-state index contributed by atoms with van der Waals surface area (Å²) in [5.74, 6) is -1.38. The molecule has 0 aliphatic rings. The number of halogens is 4. The van der Waals surface area contributed by atoms with Gasteiger partial charge in [-0.25, -0.2) is 9.37 Å². The molecular formula is C12H10F4N4. The van der Waals surface area contributed by atoms with E-state index in [9.17, 15) is 17.6 Å². The fraction of sp³-hybridized carbons (Fsp3) is 0.167. The second kappa shape index (κ2) is 4.95. The van der Waals surface area contributed by atoms with Gasteiger partial charge in [-0.2, -0.15) is 18.2 Å². The number of aryl methyl sites for hydroxylation is 1. The number of benzene rings is 1. The first-order valence-electron chi connectivity index (χ1n) is 5.50. The minimum absolute atomic E-state index is 0.0104. The maximum atomic E-state index is 13.5. The highest BCUT2D eigenvalue weighted by molar-refractivity contribution is 5.59. The van der Waals surface area contributed by atoms with E-state index in [1.165, 1.54) is 18.2 Å². The van der Waals surface area contributed by atoms with Crippen LogP contribution in [-0.2, 0) is 6.18 Å². The highest BCUT2D eigenvalue weighted by atomic mass is 19.4. The minimum Gasteiger partial charge on any atom is -0.368 e. The van der Waals surface area contributed by atoms with E-state index in [0.29, 0.717) is 6.07 Å². The molecule has 0 aliphatic carbocycles. The van der Waals surface area contributed by atoms with Crippen molar-refractivity contribution in [2.24, 2.45) is 0 Å². The van der Waals surface area contributed by atoms with E-state index < -0.39 is 23.6 Å². The zero-order chi connectivity index (χ0) is 14.9. The second-order valence-corrected chi connectivity index (χ2v) is 4.10. The molecule has 0 saturated heterocycles. The number of anilines is 3. The lowest BCUT2D eigenvalue weighted by atomic mass is 10.2. The van der Waals surface area contributed by atoms with Gasteiger partial charge in [0.1, 0.15) is 11.6 Å². The highest BCUT2D eigenvalue weighted by Crippen LogP contribution is 2.30. The Kier molecular flexibility index (Phi) is 3.47. The topological polar surface area (TPSA) is 63.8 Å².